The maximum absolute atomic E-state index is 12.0. The molecule has 0 saturated carbocycles. The van der Waals surface area contributed by atoms with Crippen molar-refractivity contribution in [2.24, 2.45) is 0 Å². The lowest BCUT2D eigenvalue weighted by atomic mass is 10.1. The van der Waals surface area contributed by atoms with Crippen molar-refractivity contribution in [3.05, 3.63) is 32.6 Å². The molecule has 10 nitrogen and oxygen atoms in total. The van der Waals surface area contributed by atoms with Gasteiger partial charge in [-0.3, -0.25) is 14.3 Å². The normalized spacial score (nSPS) is 28.2. The van der Waals surface area contributed by atoms with Crippen molar-refractivity contribution < 1.29 is 29.5 Å². The predicted molar refractivity (Wildman–Crippen MR) is 80.4 cm³/mol. The Bertz CT molecular complexity index is 657. The topological polar surface area (TPSA) is 132 Å². The van der Waals surface area contributed by atoms with Gasteiger partial charge in [0.05, 0.1) is 12.7 Å². The Balaban J connectivity index is 2.23. The lowest BCUT2D eigenvalue weighted by Crippen LogP contribution is -2.40. The van der Waals surface area contributed by atoms with Crippen LogP contribution in [0.15, 0.2) is 15.8 Å². The number of aromatic amines is 1. The number of ether oxygens (including phenoxy) is 2. The van der Waals surface area contributed by atoms with Crippen LogP contribution in [0.25, 0.3) is 0 Å². The first-order valence-corrected chi connectivity index (χ1v) is 7.46. The number of H-pyrrole nitrogens is 1. The number of nitrogens with zero attached hydrogens (tertiary/aromatic N) is 1. The van der Waals surface area contributed by atoms with Gasteiger partial charge in [-0.05, 0) is 13.8 Å². The molecule has 2 unspecified atom stereocenters. The van der Waals surface area contributed by atoms with Crippen LogP contribution in [0.4, 0.5) is 0 Å². The smallest absolute Gasteiger partial charge is 0.330 e. The Morgan fingerprint density at radius 2 is 2.17 bits per heavy atom. The van der Waals surface area contributed by atoms with E-state index in [1.165, 1.54) is 20.2 Å². The van der Waals surface area contributed by atoms with Crippen LogP contribution in [0.5, 0.6) is 0 Å². The molecule has 2 rings (SSSR count). The number of methoxy groups -OCH3 is 1. The second-order valence-electron chi connectivity index (χ2n) is 5.61. The Morgan fingerprint density at radius 1 is 1.46 bits per heavy atom. The van der Waals surface area contributed by atoms with E-state index in [1.807, 2.05) is 0 Å². The molecule has 1 saturated heterocycles. The minimum atomic E-state index is -1.23. The second kappa shape index (κ2) is 8.01. The third-order valence-electron chi connectivity index (χ3n) is 3.80. The molecule has 1 aromatic rings. The molecule has 3 N–H and O–H groups in total. The highest BCUT2D eigenvalue weighted by molar-refractivity contribution is 5.03. The van der Waals surface area contributed by atoms with Crippen LogP contribution < -0.4 is 11.2 Å². The van der Waals surface area contributed by atoms with E-state index in [9.17, 15) is 19.8 Å². The summed E-state index contributed by atoms with van der Waals surface area (Å²) in [5.41, 5.74) is -0.954. The standard InChI is InChI=1S/C14H22N2O8/c1-7-4-16(14(20)15-12(7)19)13-11(10(18)9(5-17)23-13)24-22-6-8(2)21-3/h4,8-11,13,17-18H,5-6H2,1-3H3,(H,15,19,20)/t8-,9-,10?,11?,13-/m0/s1. The maximum atomic E-state index is 12.0. The van der Waals surface area contributed by atoms with Crippen LogP contribution in [0, 0.1) is 6.92 Å². The first-order valence-electron chi connectivity index (χ1n) is 7.46. The summed E-state index contributed by atoms with van der Waals surface area (Å²) >= 11 is 0. The Kier molecular flexibility index (Phi) is 6.27. The monoisotopic (exact) mass is 346 g/mol. The highest BCUT2D eigenvalue weighted by Crippen LogP contribution is 2.30. The van der Waals surface area contributed by atoms with E-state index in [4.69, 9.17) is 19.2 Å². The molecule has 0 bridgehead atoms. The molecule has 10 heteroatoms. The van der Waals surface area contributed by atoms with Crippen LogP contribution >= 0.6 is 0 Å². The van der Waals surface area contributed by atoms with Crippen molar-refractivity contribution in [3.63, 3.8) is 0 Å². The van der Waals surface area contributed by atoms with Gasteiger partial charge in [-0.2, -0.15) is 0 Å². The van der Waals surface area contributed by atoms with E-state index >= 15 is 0 Å². The number of nitrogens with one attached hydrogen (secondary N) is 1. The van der Waals surface area contributed by atoms with Gasteiger partial charge in [0.15, 0.2) is 12.3 Å². The number of aromatic nitrogens is 2. The first kappa shape index (κ1) is 18.8. The van der Waals surface area contributed by atoms with Gasteiger partial charge in [0.1, 0.15) is 18.8 Å². The van der Waals surface area contributed by atoms with Crippen LogP contribution in [0.2, 0.25) is 0 Å². The summed E-state index contributed by atoms with van der Waals surface area (Å²) in [5.74, 6) is 0. The first-order chi connectivity index (χ1) is 11.4. The molecular weight excluding hydrogens is 324 g/mol. The number of aliphatic hydroxyl groups excluding tert-OH is 2. The van der Waals surface area contributed by atoms with Gasteiger partial charge in [0.25, 0.3) is 5.56 Å². The average molecular weight is 346 g/mol. The Labute approximate surface area is 137 Å². The van der Waals surface area contributed by atoms with Crippen molar-refractivity contribution in [1.29, 1.82) is 0 Å². The van der Waals surface area contributed by atoms with Gasteiger partial charge < -0.3 is 19.7 Å². The number of aryl methyl sites for hydroxylation is 1. The van der Waals surface area contributed by atoms with Crippen molar-refractivity contribution in [1.82, 2.24) is 9.55 Å². The van der Waals surface area contributed by atoms with E-state index < -0.39 is 42.4 Å². The minimum Gasteiger partial charge on any atom is -0.394 e. The Hall–Kier alpha value is -1.56. The van der Waals surface area contributed by atoms with Gasteiger partial charge in [0, 0.05) is 18.9 Å². The van der Waals surface area contributed by atoms with Gasteiger partial charge in [0.2, 0.25) is 0 Å². The number of hydrogen-bond acceptors (Lipinski definition) is 8. The molecule has 136 valence electrons. The third kappa shape index (κ3) is 3.91. The summed E-state index contributed by atoms with van der Waals surface area (Å²) in [7, 11) is 1.51. The van der Waals surface area contributed by atoms with E-state index in [0.717, 1.165) is 4.57 Å². The van der Waals surface area contributed by atoms with Crippen LogP contribution in [-0.4, -0.2) is 64.5 Å². The number of rotatable bonds is 7. The summed E-state index contributed by atoms with van der Waals surface area (Å²) < 4.78 is 11.6. The molecule has 0 spiro atoms. The summed E-state index contributed by atoms with van der Waals surface area (Å²) in [5, 5.41) is 19.5. The molecular formula is C14H22N2O8. The van der Waals surface area contributed by atoms with Crippen molar-refractivity contribution >= 4 is 0 Å². The lowest BCUT2D eigenvalue weighted by Gasteiger charge is -2.22. The van der Waals surface area contributed by atoms with Crippen LogP contribution in [0.3, 0.4) is 0 Å². The molecule has 5 atom stereocenters. The van der Waals surface area contributed by atoms with Gasteiger partial charge in [-0.1, -0.05) is 0 Å². The molecule has 1 aromatic heterocycles. The molecule has 0 aliphatic carbocycles. The molecule has 1 fully saturated rings. The van der Waals surface area contributed by atoms with Crippen molar-refractivity contribution in [3.8, 4) is 0 Å². The molecule has 0 amide bonds. The van der Waals surface area contributed by atoms with Gasteiger partial charge >= 0.3 is 5.69 Å². The summed E-state index contributed by atoms with van der Waals surface area (Å²) in [6.07, 6.45) is -3.27. The SMILES string of the molecule is CO[C@@H](C)COOC1C(O)[C@H](CO)O[C@@H]1n1cc(C)c(=O)[nH]c1=O. The minimum absolute atomic E-state index is 0.0930. The zero-order chi connectivity index (χ0) is 17.9. The third-order valence-corrected chi connectivity index (χ3v) is 3.80. The number of hydrogen-bond donors (Lipinski definition) is 3. The summed E-state index contributed by atoms with van der Waals surface area (Å²) in [6.45, 7) is 2.91. The maximum Gasteiger partial charge on any atom is 0.330 e. The largest absolute Gasteiger partial charge is 0.394 e. The van der Waals surface area contributed by atoms with Crippen LogP contribution in [0.1, 0.15) is 18.7 Å². The molecule has 0 aromatic carbocycles. The molecule has 1 aliphatic rings. The molecule has 1 aliphatic heterocycles. The fraction of sp³-hybridized carbons (Fsp3) is 0.714. The molecule has 0 radical (unpaired) electrons. The molecule has 24 heavy (non-hydrogen) atoms. The van der Waals surface area contributed by atoms with E-state index in [1.54, 1.807) is 6.92 Å². The highest BCUT2D eigenvalue weighted by atomic mass is 17.2. The Morgan fingerprint density at radius 3 is 2.79 bits per heavy atom. The predicted octanol–water partition coefficient (Wildman–Crippen LogP) is -1.55. The fourth-order valence-electron chi connectivity index (χ4n) is 2.25. The zero-order valence-electron chi connectivity index (χ0n) is 13.7. The second-order valence-corrected chi connectivity index (χ2v) is 5.61. The number of aliphatic hydroxyl groups is 2. The zero-order valence-corrected chi connectivity index (χ0v) is 13.7. The fourth-order valence-corrected chi connectivity index (χ4v) is 2.25. The lowest BCUT2D eigenvalue weighted by molar-refractivity contribution is -0.352. The average Bonchev–Trinajstić information content (AvgIpc) is 2.87. The highest BCUT2D eigenvalue weighted by Gasteiger charge is 2.46. The van der Waals surface area contributed by atoms with Gasteiger partial charge in [-0.15, -0.1) is 0 Å². The van der Waals surface area contributed by atoms with E-state index in [0.29, 0.717) is 0 Å². The van der Waals surface area contributed by atoms with Crippen molar-refractivity contribution in [2.75, 3.05) is 20.3 Å². The van der Waals surface area contributed by atoms with E-state index in [-0.39, 0.29) is 18.3 Å². The molecule has 2 heterocycles. The van der Waals surface area contributed by atoms with Crippen LogP contribution in [-0.2, 0) is 19.2 Å². The summed E-state index contributed by atoms with van der Waals surface area (Å²) in [4.78, 5) is 35.9. The summed E-state index contributed by atoms with van der Waals surface area (Å²) in [6, 6.07) is 0. The van der Waals surface area contributed by atoms with E-state index in [2.05, 4.69) is 4.98 Å². The van der Waals surface area contributed by atoms with Crippen molar-refractivity contribution in [2.45, 2.75) is 44.5 Å². The van der Waals surface area contributed by atoms with Gasteiger partial charge in [-0.25, -0.2) is 14.6 Å². The quantitative estimate of drug-likeness (QED) is 0.399.